The first-order chi connectivity index (χ1) is 13.2. The van der Waals surface area contributed by atoms with Crippen molar-refractivity contribution in [2.75, 3.05) is 44.2 Å². The highest BCUT2D eigenvalue weighted by atomic mass is 16.2. The predicted octanol–water partition coefficient (Wildman–Crippen LogP) is 1.57. The van der Waals surface area contributed by atoms with E-state index in [2.05, 4.69) is 52.0 Å². The highest BCUT2D eigenvalue weighted by Crippen LogP contribution is 2.11. The summed E-state index contributed by atoms with van der Waals surface area (Å²) in [5.41, 5.74) is 2.38. The number of carbonyl (C=O) groups is 1. The summed E-state index contributed by atoms with van der Waals surface area (Å²) >= 11 is 0. The molecule has 0 saturated carbocycles. The zero-order valence-electron chi connectivity index (χ0n) is 15.7. The smallest absolute Gasteiger partial charge is 0.236 e. The van der Waals surface area contributed by atoms with Gasteiger partial charge in [0.05, 0.1) is 13.1 Å². The molecule has 0 radical (unpaired) electrons. The first-order valence-corrected chi connectivity index (χ1v) is 9.17. The Labute approximate surface area is 160 Å². The molecule has 1 aliphatic heterocycles. The maximum atomic E-state index is 12.7. The number of aryl methyl sites for hydroxylation is 1. The molecule has 0 spiro atoms. The zero-order chi connectivity index (χ0) is 19.1. The van der Waals surface area contributed by atoms with Gasteiger partial charge >= 0.3 is 0 Å². The topological polar surface area (TPSA) is 52.6 Å². The van der Waals surface area contributed by atoms with Crippen LogP contribution in [0, 0.1) is 19.3 Å². The van der Waals surface area contributed by atoms with Crippen LogP contribution in [0.5, 0.6) is 0 Å². The normalized spacial score (nSPS) is 14.3. The lowest BCUT2D eigenvalue weighted by Crippen LogP contribution is -2.51. The SMILES string of the molecule is C#CCN(CC(=O)N1CCN(c2ncccn2)CC1)Cc1ccc(C)cc1. The molecule has 6 nitrogen and oxygen atoms in total. The number of piperazine rings is 1. The van der Waals surface area contributed by atoms with Gasteiger partial charge in [0.1, 0.15) is 0 Å². The molecule has 0 bridgehead atoms. The van der Waals surface area contributed by atoms with E-state index >= 15 is 0 Å². The summed E-state index contributed by atoms with van der Waals surface area (Å²) < 4.78 is 0. The minimum atomic E-state index is 0.117. The van der Waals surface area contributed by atoms with Crippen LogP contribution in [0.25, 0.3) is 0 Å². The van der Waals surface area contributed by atoms with Crippen molar-refractivity contribution in [3.8, 4) is 12.3 Å². The molecule has 0 atom stereocenters. The average molecular weight is 363 g/mol. The van der Waals surface area contributed by atoms with Gasteiger partial charge in [-0.15, -0.1) is 6.42 Å². The lowest BCUT2D eigenvalue weighted by Gasteiger charge is -2.35. The number of hydrogen-bond acceptors (Lipinski definition) is 5. The number of benzene rings is 1. The van der Waals surface area contributed by atoms with Gasteiger partial charge in [-0.25, -0.2) is 9.97 Å². The van der Waals surface area contributed by atoms with Crippen molar-refractivity contribution in [2.45, 2.75) is 13.5 Å². The molecular formula is C21H25N5O. The van der Waals surface area contributed by atoms with Crippen LogP contribution in [0.3, 0.4) is 0 Å². The van der Waals surface area contributed by atoms with Crippen LogP contribution in [0.1, 0.15) is 11.1 Å². The molecule has 0 N–H and O–H groups in total. The molecule has 0 aliphatic carbocycles. The van der Waals surface area contributed by atoms with Gasteiger partial charge in [-0.2, -0.15) is 0 Å². The van der Waals surface area contributed by atoms with Crippen LogP contribution in [-0.2, 0) is 11.3 Å². The molecule has 6 heteroatoms. The van der Waals surface area contributed by atoms with Crippen molar-refractivity contribution in [3.63, 3.8) is 0 Å². The van der Waals surface area contributed by atoms with E-state index in [9.17, 15) is 4.79 Å². The molecule has 3 rings (SSSR count). The highest BCUT2D eigenvalue weighted by Gasteiger charge is 2.23. The number of rotatable bonds is 6. The van der Waals surface area contributed by atoms with Gasteiger partial charge in [0.25, 0.3) is 0 Å². The van der Waals surface area contributed by atoms with E-state index < -0.39 is 0 Å². The maximum absolute atomic E-state index is 12.7. The van der Waals surface area contributed by atoms with Crippen molar-refractivity contribution < 1.29 is 4.79 Å². The van der Waals surface area contributed by atoms with E-state index in [-0.39, 0.29) is 5.91 Å². The third-order valence-corrected chi connectivity index (χ3v) is 4.67. The molecule has 1 aromatic heterocycles. The van der Waals surface area contributed by atoms with Crippen molar-refractivity contribution in [1.29, 1.82) is 0 Å². The molecule has 140 valence electrons. The van der Waals surface area contributed by atoms with Gasteiger partial charge in [0.2, 0.25) is 11.9 Å². The van der Waals surface area contributed by atoms with E-state index in [0.717, 1.165) is 24.6 Å². The number of anilines is 1. The van der Waals surface area contributed by atoms with Crippen LogP contribution in [0.4, 0.5) is 5.95 Å². The Bertz CT molecular complexity index is 776. The van der Waals surface area contributed by atoms with Crippen LogP contribution in [0.2, 0.25) is 0 Å². The molecule has 1 fully saturated rings. The Hall–Kier alpha value is -2.91. The minimum Gasteiger partial charge on any atom is -0.338 e. The Kier molecular flexibility index (Phi) is 6.39. The lowest BCUT2D eigenvalue weighted by atomic mass is 10.1. The summed E-state index contributed by atoms with van der Waals surface area (Å²) in [4.78, 5) is 27.3. The summed E-state index contributed by atoms with van der Waals surface area (Å²) in [6.07, 6.45) is 8.98. The van der Waals surface area contributed by atoms with E-state index in [1.807, 2.05) is 9.80 Å². The Morgan fingerprint density at radius 1 is 1.15 bits per heavy atom. The van der Waals surface area contributed by atoms with Crippen molar-refractivity contribution in [2.24, 2.45) is 0 Å². The summed E-state index contributed by atoms with van der Waals surface area (Å²) in [7, 11) is 0. The largest absolute Gasteiger partial charge is 0.338 e. The molecule has 27 heavy (non-hydrogen) atoms. The standard InChI is InChI=1S/C21H25N5O/c1-3-11-24(16-19-7-5-18(2)6-8-19)17-20(27)25-12-14-26(15-13-25)21-22-9-4-10-23-21/h1,4-10H,11-17H2,2H3. The van der Waals surface area contributed by atoms with Crippen LogP contribution in [-0.4, -0.2) is 64.9 Å². The van der Waals surface area contributed by atoms with Crippen molar-refractivity contribution in [3.05, 3.63) is 53.9 Å². The Morgan fingerprint density at radius 2 is 1.81 bits per heavy atom. The van der Waals surface area contributed by atoms with Crippen LogP contribution >= 0.6 is 0 Å². The molecule has 1 aromatic carbocycles. The fraction of sp³-hybridized carbons (Fsp3) is 0.381. The first-order valence-electron chi connectivity index (χ1n) is 9.17. The Morgan fingerprint density at radius 3 is 2.44 bits per heavy atom. The van der Waals surface area contributed by atoms with Gasteiger partial charge in [-0.3, -0.25) is 9.69 Å². The number of hydrogen-bond donors (Lipinski definition) is 0. The number of nitrogens with zero attached hydrogens (tertiary/aromatic N) is 5. The van der Waals surface area contributed by atoms with Gasteiger partial charge in [0, 0.05) is 45.1 Å². The predicted molar refractivity (Wildman–Crippen MR) is 106 cm³/mol. The molecule has 0 unspecified atom stereocenters. The summed E-state index contributed by atoms with van der Waals surface area (Å²) in [6, 6.07) is 10.1. The Balaban J connectivity index is 1.53. The van der Waals surface area contributed by atoms with Crippen molar-refractivity contribution >= 4 is 11.9 Å². The second kappa shape index (κ2) is 9.15. The van der Waals surface area contributed by atoms with Crippen LogP contribution < -0.4 is 4.90 Å². The number of aromatic nitrogens is 2. The summed E-state index contributed by atoms with van der Waals surface area (Å²) in [5, 5.41) is 0. The monoisotopic (exact) mass is 363 g/mol. The highest BCUT2D eigenvalue weighted by molar-refractivity contribution is 5.78. The zero-order valence-corrected chi connectivity index (χ0v) is 15.7. The molecule has 1 amide bonds. The summed E-state index contributed by atoms with van der Waals surface area (Å²) in [5.74, 6) is 3.50. The van der Waals surface area contributed by atoms with Gasteiger partial charge in [-0.1, -0.05) is 35.7 Å². The number of carbonyl (C=O) groups excluding carboxylic acids is 1. The van der Waals surface area contributed by atoms with Crippen LogP contribution in [0.15, 0.2) is 42.7 Å². The number of amides is 1. The fourth-order valence-electron chi connectivity index (χ4n) is 3.15. The minimum absolute atomic E-state index is 0.117. The van der Waals surface area contributed by atoms with Gasteiger partial charge in [-0.05, 0) is 18.6 Å². The quantitative estimate of drug-likeness (QED) is 0.729. The van der Waals surface area contributed by atoms with Crippen molar-refractivity contribution in [1.82, 2.24) is 19.8 Å². The second-order valence-corrected chi connectivity index (χ2v) is 6.75. The summed E-state index contributed by atoms with van der Waals surface area (Å²) in [6.45, 7) is 6.35. The fourth-order valence-corrected chi connectivity index (χ4v) is 3.15. The lowest BCUT2D eigenvalue weighted by molar-refractivity contribution is -0.132. The van der Waals surface area contributed by atoms with E-state index in [1.54, 1.807) is 18.5 Å². The first kappa shape index (κ1) is 18.9. The third kappa shape index (κ3) is 5.28. The van der Waals surface area contributed by atoms with E-state index in [0.29, 0.717) is 32.7 Å². The van der Waals surface area contributed by atoms with E-state index in [1.165, 1.54) is 5.56 Å². The van der Waals surface area contributed by atoms with E-state index in [4.69, 9.17) is 6.42 Å². The molecule has 1 saturated heterocycles. The molecular weight excluding hydrogens is 338 g/mol. The average Bonchev–Trinajstić information content (AvgIpc) is 2.70. The molecule has 2 heterocycles. The third-order valence-electron chi connectivity index (χ3n) is 4.67. The van der Waals surface area contributed by atoms with Gasteiger partial charge < -0.3 is 9.80 Å². The van der Waals surface area contributed by atoms with Gasteiger partial charge in [0.15, 0.2) is 0 Å². The molecule has 1 aliphatic rings. The molecule has 2 aromatic rings. The number of terminal acetylenes is 1. The second-order valence-electron chi connectivity index (χ2n) is 6.75. The maximum Gasteiger partial charge on any atom is 0.236 e.